The lowest BCUT2D eigenvalue weighted by molar-refractivity contribution is -0.385. The van der Waals surface area contributed by atoms with Crippen molar-refractivity contribution in [2.45, 2.75) is 45.1 Å². The number of nitro benzene ring substituents is 1. The van der Waals surface area contributed by atoms with Gasteiger partial charge in [-0.1, -0.05) is 68.4 Å². The van der Waals surface area contributed by atoms with E-state index >= 15 is 0 Å². The summed E-state index contributed by atoms with van der Waals surface area (Å²) in [6.45, 7) is 4.66. The van der Waals surface area contributed by atoms with Gasteiger partial charge >= 0.3 is 5.97 Å². The van der Waals surface area contributed by atoms with Gasteiger partial charge in [-0.15, -0.1) is 0 Å². The van der Waals surface area contributed by atoms with E-state index in [0.717, 1.165) is 27.2 Å². The molecule has 0 radical (unpaired) electrons. The summed E-state index contributed by atoms with van der Waals surface area (Å²) < 4.78 is 5.36. The molecule has 3 aliphatic carbocycles. The first-order chi connectivity index (χ1) is 20.6. The van der Waals surface area contributed by atoms with Crippen molar-refractivity contribution in [3.05, 3.63) is 105 Å². The number of rotatable bonds is 8. The molecule has 1 aliphatic heterocycles. The molecule has 7 rings (SSSR count). The van der Waals surface area contributed by atoms with Gasteiger partial charge in [-0.25, -0.2) is 4.79 Å². The van der Waals surface area contributed by atoms with Crippen LogP contribution in [0.15, 0.2) is 66.7 Å². The maximum Gasteiger partial charge on any atom is 0.329 e. The first-order valence-electron chi connectivity index (χ1n) is 14.3. The van der Waals surface area contributed by atoms with E-state index in [1.807, 2.05) is 62.4 Å². The second-order valence-electron chi connectivity index (χ2n) is 11.9. The topological polar surface area (TPSA) is 136 Å². The molecule has 10 heteroatoms. The maximum absolute atomic E-state index is 14.1. The Morgan fingerprint density at radius 2 is 1.42 bits per heavy atom. The Balaban J connectivity index is 1.24. The third-order valence-corrected chi connectivity index (χ3v) is 8.80. The summed E-state index contributed by atoms with van der Waals surface area (Å²) in [7, 11) is 0. The highest BCUT2D eigenvalue weighted by Gasteiger charge is 2.63. The number of carbonyl (C=O) groups excluding carboxylic acids is 4. The van der Waals surface area contributed by atoms with Crippen LogP contribution in [0.4, 0.5) is 11.4 Å². The zero-order valence-corrected chi connectivity index (χ0v) is 24.0. The smallest absolute Gasteiger partial charge is 0.329 e. The molecular weight excluding hydrogens is 550 g/mol. The first-order valence-corrected chi connectivity index (χ1v) is 14.3. The second kappa shape index (κ2) is 10.8. The molecule has 2 bridgehead atoms. The van der Waals surface area contributed by atoms with E-state index in [1.54, 1.807) is 6.92 Å². The van der Waals surface area contributed by atoms with Gasteiger partial charge in [0.25, 0.3) is 11.6 Å². The Hall–Kier alpha value is -4.86. The van der Waals surface area contributed by atoms with Crippen LogP contribution >= 0.6 is 0 Å². The molecule has 0 saturated carbocycles. The van der Waals surface area contributed by atoms with Crippen LogP contribution in [0.3, 0.4) is 0 Å². The minimum absolute atomic E-state index is 0.0613. The zero-order chi connectivity index (χ0) is 30.6. The molecule has 0 unspecified atom stereocenters. The van der Waals surface area contributed by atoms with Crippen molar-refractivity contribution in [3.63, 3.8) is 0 Å². The lowest BCUT2D eigenvalue weighted by Crippen LogP contribution is -2.47. The normalized spacial score (nSPS) is 22.1. The van der Waals surface area contributed by atoms with Crippen LogP contribution in [0.5, 0.6) is 0 Å². The standard InChI is InChI=1S/C33H31N3O7/c1-17(2)14-25(33(40)43-16-26(37)34-19-13-12-18(3)24(15-19)36(41)42)35-31(38)29-27-20-8-4-5-9-21(20)28(30(29)32(35)39)23-11-7-6-10-22(23)27/h4-13,15,17,25,27-30H,14,16H2,1-3H3,(H,34,37)/t25-,27?,28?,29-,30-/m0/s1. The number of esters is 1. The van der Waals surface area contributed by atoms with Crippen molar-refractivity contribution in [1.29, 1.82) is 0 Å². The minimum Gasteiger partial charge on any atom is -0.454 e. The van der Waals surface area contributed by atoms with Gasteiger partial charge < -0.3 is 10.1 Å². The summed E-state index contributed by atoms with van der Waals surface area (Å²) in [6, 6.07) is 18.9. The molecule has 4 aliphatic rings. The van der Waals surface area contributed by atoms with E-state index < -0.39 is 53.1 Å². The molecule has 1 N–H and O–H groups in total. The number of nitrogens with zero attached hydrogens (tertiary/aromatic N) is 2. The van der Waals surface area contributed by atoms with E-state index in [2.05, 4.69) is 5.32 Å². The predicted octanol–water partition coefficient (Wildman–Crippen LogP) is 4.69. The molecule has 3 aromatic carbocycles. The third-order valence-electron chi connectivity index (χ3n) is 8.80. The molecule has 10 nitrogen and oxygen atoms in total. The fraction of sp³-hybridized carbons (Fsp3) is 0.333. The quantitative estimate of drug-likeness (QED) is 0.176. The number of carbonyl (C=O) groups is 4. The number of hydrogen-bond acceptors (Lipinski definition) is 7. The summed E-state index contributed by atoms with van der Waals surface area (Å²) in [5.74, 6) is -4.27. The van der Waals surface area contributed by atoms with Gasteiger partial charge in [-0.3, -0.25) is 29.4 Å². The fourth-order valence-electron chi connectivity index (χ4n) is 7.07. The molecule has 1 heterocycles. The van der Waals surface area contributed by atoms with Gasteiger partial charge in [0.15, 0.2) is 6.61 Å². The van der Waals surface area contributed by atoms with E-state index in [9.17, 15) is 29.3 Å². The van der Waals surface area contributed by atoms with Gasteiger partial charge in [-0.2, -0.15) is 0 Å². The van der Waals surface area contributed by atoms with Gasteiger partial charge in [0.05, 0.1) is 16.8 Å². The van der Waals surface area contributed by atoms with Crippen LogP contribution < -0.4 is 5.32 Å². The number of hydrogen-bond donors (Lipinski definition) is 1. The van der Waals surface area contributed by atoms with Crippen molar-refractivity contribution < 1.29 is 28.8 Å². The number of nitro groups is 1. The molecule has 1 saturated heterocycles. The van der Waals surface area contributed by atoms with Crippen LogP contribution in [0.1, 0.15) is 59.9 Å². The van der Waals surface area contributed by atoms with Crippen LogP contribution in [-0.2, 0) is 23.9 Å². The van der Waals surface area contributed by atoms with Crippen molar-refractivity contribution in [1.82, 2.24) is 4.90 Å². The van der Waals surface area contributed by atoms with E-state index in [-0.39, 0.29) is 35.5 Å². The molecule has 220 valence electrons. The second-order valence-corrected chi connectivity index (χ2v) is 11.9. The summed E-state index contributed by atoms with van der Waals surface area (Å²) in [4.78, 5) is 66.2. The lowest BCUT2D eigenvalue weighted by Gasteiger charge is -2.45. The van der Waals surface area contributed by atoms with Gasteiger partial charge in [-0.05, 0) is 47.6 Å². The molecule has 3 atom stereocenters. The van der Waals surface area contributed by atoms with Crippen molar-refractivity contribution >= 4 is 35.1 Å². The van der Waals surface area contributed by atoms with Crippen molar-refractivity contribution in [2.75, 3.05) is 11.9 Å². The fourth-order valence-corrected chi connectivity index (χ4v) is 7.07. The van der Waals surface area contributed by atoms with E-state index in [0.29, 0.717) is 5.56 Å². The average Bonchev–Trinajstić information content (AvgIpc) is 3.25. The highest BCUT2D eigenvalue weighted by Crippen LogP contribution is 2.61. The van der Waals surface area contributed by atoms with Crippen molar-refractivity contribution in [2.24, 2.45) is 17.8 Å². The Morgan fingerprint density at radius 3 is 1.88 bits per heavy atom. The predicted molar refractivity (Wildman–Crippen MR) is 156 cm³/mol. The lowest BCUT2D eigenvalue weighted by atomic mass is 9.55. The van der Waals surface area contributed by atoms with Crippen LogP contribution in [0.25, 0.3) is 0 Å². The minimum atomic E-state index is -1.19. The van der Waals surface area contributed by atoms with E-state index in [1.165, 1.54) is 18.2 Å². The number of imide groups is 1. The Morgan fingerprint density at radius 1 is 0.907 bits per heavy atom. The summed E-state index contributed by atoms with van der Waals surface area (Å²) >= 11 is 0. The maximum atomic E-state index is 14.1. The Bertz CT molecular complexity index is 1570. The number of likely N-dealkylation sites (tertiary alicyclic amines) is 1. The third kappa shape index (κ3) is 4.67. The van der Waals surface area contributed by atoms with Crippen LogP contribution in [-0.4, -0.2) is 46.2 Å². The van der Waals surface area contributed by atoms with Crippen molar-refractivity contribution in [3.8, 4) is 0 Å². The molecule has 3 amide bonds. The molecule has 0 spiro atoms. The molecule has 3 aromatic rings. The zero-order valence-electron chi connectivity index (χ0n) is 24.0. The van der Waals surface area contributed by atoms with Gasteiger partial charge in [0.1, 0.15) is 6.04 Å². The summed E-state index contributed by atoms with van der Waals surface area (Å²) in [5.41, 5.74) is 4.60. The van der Waals surface area contributed by atoms with Gasteiger partial charge in [0, 0.05) is 29.2 Å². The number of ether oxygens (including phenoxy) is 1. The summed E-state index contributed by atoms with van der Waals surface area (Å²) in [6.07, 6.45) is 0.177. The number of nitrogens with one attached hydrogen (secondary N) is 1. The number of anilines is 1. The summed E-state index contributed by atoms with van der Waals surface area (Å²) in [5, 5.41) is 13.7. The van der Waals surface area contributed by atoms with Crippen LogP contribution in [0.2, 0.25) is 0 Å². The molecule has 0 aromatic heterocycles. The molecule has 1 fully saturated rings. The Labute approximate surface area is 248 Å². The number of benzene rings is 3. The monoisotopic (exact) mass is 581 g/mol. The molecule has 43 heavy (non-hydrogen) atoms. The van der Waals surface area contributed by atoms with Crippen LogP contribution in [0, 0.1) is 34.8 Å². The number of aryl methyl sites for hydroxylation is 1. The van der Waals surface area contributed by atoms with Gasteiger partial charge in [0.2, 0.25) is 11.8 Å². The molecular formula is C33H31N3O7. The number of amides is 3. The highest BCUT2D eigenvalue weighted by molar-refractivity contribution is 6.10. The largest absolute Gasteiger partial charge is 0.454 e. The SMILES string of the molecule is Cc1ccc(NC(=O)COC(=O)[C@H](CC(C)C)N2C(=O)[C@H]3C4c5ccccc5C(c5ccccc54)[C@@H]3C2=O)cc1[N+](=O)[O-]. The first kappa shape index (κ1) is 28.3. The van der Waals surface area contributed by atoms with E-state index in [4.69, 9.17) is 4.74 Å². The Kier molecular flexibility index (Phi) is 7.07. The average molecular weight is 582 g/mol. The highest BCUT2D eigenvalue weighted by atomic mass is 16.6.